The van der Waals surface area contributed by atoms with Crippen molar-refractivity contribution in [1.29, 1.82) is 0 Å². The van der Waals surface area contributed by atoms with E-state index in [4.69, 9.17) is 11.6 Å². The van der Waals surface area contributed by atoms with Crippen LogP contribution in [0.25, 0.3) is 0 Å². The molecule has 0 fully saturated rings. The number of hydrogen-bond donors (Lipinski definition) is 1. The van der Waals surface area contributed by atoms with Gasteiger partial charge in [-0.1, -0.05) is 29.8 Å². The zero-order valence-corrected chi connectivity index (χ0v) is 12.1. The molecule has 1 N–H and O–H groups in total. The van der Waals surface area contributed by atoms with Gasteiger partial charge in [0.2, 0.25) is 0 Å². The minimum Gasteiger partial charge on any atom is -0.344 e. The van der Waals surface area contributed by atoms with Crippen molar-refractivity contribution in [3.63, 3.8) is 0 Å². The molecule has 20 heavy (non-hydrogen) atoms. The van der Waals surface area contributed by atoms with Crippen LogP contribution in [0.15, 0.2) is 41.6 Å². The normalized spacial score (nSPS) is 17.4. The van der Waals surface area contributed by atoms with Crippen LogP contribution in [0.5, 0.6) is 0 Å². The Morgan fingerprint density at radius 1 is 1.35 bits per heavy atom. The number of rotatable bonds is 2. The van der Waals surface area contributed by atoms with Crippen LogP contribution < -0.4 is 5.32 Å². The maximum atomic E-state index is 12.2. The first-order valence-electron chi connectivity index (χ1n) is 6.24. The number of amides is 1. The largest absolute Gasteiger partial charge is 0.344 e. The standard InChI is InChI=1S/C14H12ClN3OS/c15-13-8-16-7-11(17-13)14(19)18-10-5-6-20-12-4-2-1-3-9(10)12/h1-4,7-8,10H,5-6H2,(H,18,19). The molecule has 1 unspecified atom stereocenters. The van der Waals surface area contributed by atoms with Gasteiger partial charge < -0.3 is 5.32 Å². The fourth-order valence-corrected chi connectivity index (χ4v) is 3.45. The maximum Gasteiger partial charge on any atom is 0.272 e. The Morgan fingerprint density at radius 3 is 3.05 bits per heavy atom. The molecule has 0 saturated heterocycles. The Bertz CT molecular complexity index is 650. The van der Waals surface area contributed by atoms with E-state index < -0.39 is 0 Å². The Balaban J connectivity index is 1.81. The average molecular weight is 306 g/mol. The number of nitrogens with one attached hydrogen (secondary N) is 1. The number of nitrogens with zero attached hydrogens (tertiary/aromatic N) is 2. The highest BCUT2D eigenvalue weighted by molar-refractivity contribution is 7.99. The third kappa shape index (κ3) is 2.78. The molecule has 1 aliphatic heterocycles. The first-order chi connectivity index (χ1) is 9.74. The zero-order chi connectivity index (χ0) is 13.9. The van der Waals surface area contributed by atoms with Crippen molar-refractivity contribution < 1.29 is 4.79 Å². The van der Waals surface area contributed by atoms with E-state index in [1.54, 1.807) is 0 Å². The van der Waals surface area contributed by atoms with Gasteiger partial charge in [-0.05, 0) is 18.1 Å². The van der Waals surface area contributed by atoms with E-state index in [2.05, 4.69) is 27.4 Å². The van der Waals surface area contributed by atoms with Crippen LogP contribution in [0, 0.1) is 0 Å². The molecule has 4 nitrogen and oxygen atoms in total. The maximum absolute atomic E-state index is 12.2. The molecular formula is C14H12ClN3OS. The van der Waals surface area contributed by atoms with Crippen LogP contribution in [0.2, 0.25) is 5.15 Å². The fourth-order valence-electron chi connectivity index (χ4n) is 2.18. The van der Waals surface area contributed by atoms with Crippen molar-refractivity contribution in [2.45, 2.75) is 17.4 Å². The number of carbonyl (C=O) groups is 1. The van der Waals surface area contributed by atoms with Crippen LogP contribution >= 0.6 is 23.4 Å². The highest BCUT2D eigenvalue weighted by Crippen LogP contribution is 2.35. The summed E-state index contributed by atoms with van der Waals surface area (Å²) in [5, 5.41) is 3.22. The van der Waals surface area contributed by atoms with E-state index in [9.17, 15) is 4.79 Å². The van der Waals surface area contributed by atoms with Gasteiger partial charge in [-0.25, -0.2) is 4.98 Å². The Labute approximate surface area is 126 Å². The van der Waals surface area contributed by atoms with Crippen molar-refractivity contribution in [1.82, 2.24) is 15.3 Å². The van der Waals surface area contributed by atoms with Crippen molar-refractivity contribution >= 4 is 29.3 Å². The van der Waals surface area contributed by atoms with E-state index in [0.717, 1.165) is 17.7 Å². The third-order valence-electron chi connectivity index (χ3n) is 3.10. The van der Waals surface area contributed by atoms with Crippen LogP contribution in [-0.2, 0) is 0 Å². The number of hydrogen-bond acceptors (Lipinski definition) is 4. The number of halogens is 1. The second-order valence-electron chi connectivity index (χ2n) is 4.43. The summed E-state index contributed by atoms with van der Waals surface area (Å²) in [4.78, 5) is 21.3. The molecule has 0 saturated carbocycles. The van der Waals surface area contributed by atoms with E-state index in [1.165, 1.54) is 17.3 Å². The molecular weight excluding hydrogens is 294 g/mol. The lowest BCUT2D eigenvalue weighted by molar-refractivity contribution is 0.0929. The average Bonchev–Trinajstić information content (AvgIpc) is 2.47. The number of benzene rings is 1. The molecule has 2 heterocycles. The highest BCUT2D eigenvalue weighted by Gasteiger charge is 2.22. The predicted octanol–water partition coefficient (Wildman–Crippen LogP) is 3.10. The second-order valence-corrected chi connectivity index (χ2v) is 5.95. The Kier molecular flexibility index (Phi) is 3.89. The summed E-state index contributed by atoms with van der Waals surface area (Å²) in [6, 6.07) is 8.15. The molecule has 2 aromatic rings. The van der Waals surface area contributed by atoms with Gasteiger partial charge in [0.05, 0.1) is 18.4 Å². The molecule has 1 atom stereocenters. The van der Waals surface area contributed by atoms with Crippen molar-refractivity contribution in [3.8, 4) is 0 Å². The van der Waals surface area contributed by atoms with Crippen LogP contribution in [0.1, 0.15) is 28.5 Å². The summed E-state index contributed by atoms with van der Waals surface area (Å²) >= 11 is 7.57. The summed E-state index contributed by atoms with van der Waals surface area (Å²) in [5.41, 5.74) is 1.40. The molecule has 0 bridgehead atoms. The molecule has 1 aromatic carbocycles. The Morgan fingerprint density at radius 2 is 2.20 bits per heavy atom. The first-order valence-corrected chi connectivity index (χ1v) is 7.60. The number of aromatic nitrogens is 2. The van der Waals surface area contributed by atoms with Crippen LogP contribution in [-0.4, -0.2) is 21.6 Å². The topological polar surface area (TPSA) is 54.9 Å². The second kappa shape index (κ2) is 5.81. The molecule has 0 spiro atoms. The fraction of sp³-hybridized carbons (Fsp3) is 0.214. The number of fused-ring (bicyclic) bond motifs is 1. The van der Waals surface area contributed by atoms with E-state index in [1.807, 2.05) is 23.9 Å². The van der Waals surface area contributed by atoms with Crippen molar-refractivity contribution in [2.24, 2.45) is 0 Å². The monoisotopic (exact) mass is 305 g/mol. The van der Waals surface area contributed by atoms with Crippen molar-refractivity contribution in [3.05, 3.63) is 53.1 Å². The van der Waals surface area contributed by atoms with Crippen LogP contribution in [0.3, 0.4) is 0 Å². The molecule has 102 valence electrons. The van der Waals surface area contributed by atoms with E-state index >= 15 is 0 Å². The van der Waals surface area contributed by atoms with Gasteiger partial charge in [0, 0.05) is 10.6 Å². The lowest BCUT2D eigenvalue weighted by atomic mass is 10.0. The first kappa shape index (κ1) is 13.4. The number of thioether (sulfide) groups is 1. The van der Waals surface area contributed by atoms with Gasteiger partial charge >= 0.3 is 0 Å². The molecule has 1 aromatic heterocycles. The zero-order valence-electron chi connectivity index (χ0n) is 10.5. The van der Waals surface area contributed by atoms with Gasteiger partial charge in [0.25, 0.3) is 5.91 Å². The van der Waals surface area contributed by atoms with Gasteiger partial charge in [0.15, 0.2) is 0 Å². The minimum atomic E-state index is -0.244. The van der Waals surface area contributed by atoms with Gasteiger partial charge in [-0.2, -0.15) is 0 Å². The summed E-state index contributed by atoms with van der Waals surface area (Å²) in [6.07, 6.45) is 3.73. The Hall–Kier alpha value is -1.59. The molecule has 1 amide bonds. The minimum absolute atomic E-state index is 0.0146. The summed E-state index contributed by atoms with van der Waals surface area (Å²) < 4.78 is 0. The van der Waals surface area contributed by atoms with E-state index in [-0.39, 0.29) is 22.8 Å². The van der Waals surface area contributed by atoms with Crippen molar-refractivity contribution in [2.75, 3.05) is 5.75 Å². The lowest BCUT2D eigenvalue weighted by Gasteiger charge is -2.25. The van der Waals surface area contributed by atoms with Gasteiger partial charge in [0.1, 0.15) is 10.8 Å². The smallest absolute Gasteiger partial charge is 0.272 e. The third-order valence-corrected chi connectivity index (χ3v) is 4.41. The summed E-state index contributed by atoms with van der Waals surface area (Å²) in [6.45, 7) is 0. The molecule has 3 rings (SSSR count). The predicted molar refractivity (Wildman–Crippen MR) is 79.0 cm³/mol. The highest BCUT2D eigenvalue weighted by atomic mass is 35.5. The molecule has 6 heteroatoms. The van der Waals surface area contributed by atoms with Gasteiger partial charge in [-0.15, -0.1) is 11.8 Å². The van der Waals surface area contributed by atoms with Gasteiger partial charge in [-0.3, -0.25) is 9.78 Å². The molecule has 0 aliphatic carbocycles. The summed E-state index contributed by atoms with van der Waals surface area (Å²) in [5.74, 6) is 0.745. The number of carbonyl (C=O) groups excluding carboxylic acids is 1. The van der Waals surface area contributed by atoms with E-state index in [0.29, 0.717) is 0 Å². The quantitative estimate of drug-likeness (QED) is 0.926. The summed E-state index contributed by atoms with van der Waals surface area (Å²) in [7, 11) is 0. The molecule has 0 radical (unpaired) electrons. The lowest BCUT2D eigenvalue weighted by Crippen LogP contribution is -2.31. The molecule has 1 aliphatic rings. The van der Waals surface area contributed by atoms with Crippen LogP contribution in [0.4, 0.5) is 0 Å². The SMILES string of the molecule is O=C(NC1CCSc2ccccc21)c1cncc(Cl)n1.